The number of amides is 1. The third-order valence-electron chi connectivity index (χ3n) is 4.68. The molecule has 4 nitrogen and oxygen atoms in total. The van der Waals surface area contributed by atoms with E-state index in [2.05, 4.69) is 28.4 Å². The van der Waals surface area contributed by atoms with Gasteiger partial charge >= 0.3 is 0 Å². The number of methoxy groups -OCH3 is 1. The van der Waals surface area contributed by atoms with Gasteiger partial charge < -0.3 is 15.0 Å². The maximum Gasteiger partial charge on any atom is 0.259 e. The van der Waals surface area contributed by atoms with Crippen molar-refractivity contribution in [1.29, 1.82) is 0 Å². The lowest BCUT2D eigenvalue weighted by molar-refractivity contribution is 0.102. The van der Waals surface area contributed by atoms with E-state index in [-0.39, 0.29) is 5.91 Å². The summed E-state index contributed by atoms with van der Waals surface area (Å²) < 4.78 is 5.31. The minimum absolute atomic E-state index is 0.178. The highest BCUT2D eigenvalue weighted by Crippen LogP contribution is 2.38. The largest absolute Gasteiger partial charge is 0.496 e. The number of anilines is 3. The zero-order chi connectivity index (χ0) is 17.9. The average Bonchev–Trinajstić information content (AvgIpc) is 3.12. The van der Waals surface area contributed by atoms with Gasteiger partial charge in [0.2, 0.25) is 0 Å². The van der Waals surface area contributed by atoms with Gasteiger partial charge in [0.1, 0.15) is 5.75 Å². The third kappa shape index (κ3) is 2.90. The van der Waals surface area contributed by atoms with Gasteiger partial charge in [-0.3, -0.25) is 4.79 Å². The highest BCUT2D eigenvalue weighted by molar-refractivity contribution is 6.08. The molecule has 3 aromatic rings. The van der Waals surface area contributed by atoms with E-state index in [0.29, 0.717) is 11.3 Å². The van der Waals surface area contributed by atoms with Crippen molar-refractivity contribution in [1.82, 2.24) is 0 Å². The monoisotopic (exact) mass is 344 g/mol. The summed E-state index contributed by atoms with van der Waals surface area (Å²) in [5.74, 6) is 0.386. The molecule has 1 aliphatic rings. The fourth-order valence-electron chi connectivity index (χ4n) is 3.43. The topological polar surface area (TPSA) is 41.6 Å². The first-order chi connectivity index (χ1) is 12.8. The van der Waals surface area contributed by atoms with Crippen molar-refractivity contribution in [2.75, 3.05) is 23.9 Å². The summed E-state index contributed by atoms with van der Waals surface area (Å²) in [5, 5.41) is 3.05. The molecule has 0 unspecified atom stereocenters. The van der Waals surface area contributed by atoms with Crippen LogP contribution in [0, 0.1) is 0 Å². The molecule has 0 saturated heterocycles. The van der Waals surface area contributed by atoms with Crippen LogP contribution in [0.2, 0.25) is 0 Å². The fourth-order valence-corrected chi connectivity index (χ4v) is 3.43. The average molecular weight is 344 g/mol. The molecule has 0 radical (unpaired) electrons. The maximum atomic E-state index is 12.8. The van der Waals surface area contributed by atoms with Gasteiger partial charge in [0.25, 0.3) is 5.91 Å². The number of hydrogen-bond acceptors (Lipinski definition) is 3. The molecule has 26 heavy (non-hydrogen) atoms. The zero-order valence-corrected chi connectivity index (χ0v) is 14.6. The molecule has 0 saturated carbocycles. The SMILES string of the molecule is COc1ccccc1C(=O)Nc1ccccc1N1CCc2ccccc21. The van der Waals surface area contributed by atoms with Gasteiger partial charge in [0.05, 0.1) is 24.0 Å². The Hall–Kier alpha value is -3.27. The second-order valence-electron chi connectivity index (χ2n) is 6.20. The lowest BCUT2D eigenvalue weighted by atomic mass is 10.1. The molecule has 4 heteroatoms. The molecule has 0 atom stereocenters. The Morgan fingerprint density at radius 2 is 1.62 bits per heavy atom. The fraction of sp³-hybridized carbons (Fsp3) is 0.136. The van der Waals surface area contributed by atoms with E-state index in [0.717, 1.165) is 24.3 Å². The zero-order valence-electron chi connectivity index (χ0n) is 14.6. The van der Waals surface area contributed by atoms with Gasteiger partial charge in [0.15, 0.2) is 0 Å². The molecule has 0 aromatic heterocycles. The van der Waals surface area contributed by atoms with E-state index in [1.165, 1.54) is 11.3 Å². The van der Waals surface area contributed by atoms with Crippen molar-refractivity contribution in [2.24, 2.45) is 0 Å². The van der Waals surface area contributed by atoms with Crippen LogP contribution in [0.5, 0.6) is 5.75 Å². The molecule has 3 aromatic carbocycles. The first-order valence-electron chi connectivity index (χ1n) is 8.67. The molecule has 1 heterocycles. The van der Waals surface area contributed by atoms with Crippen LogP contribution in [-0.2, 0) is 6.42 Å². The number of fused-ring (bicyclic) bond motifs is 1. The highest BCUT2D eigenvalue weighted by atomic mass is 16.5. The Balaban J connectivity index is 1.66. The Bertz CT molecular complexity index is 952. The summed E-state index contributed by atoms with van der Waals surface area (Å²) in [6, 6.07) is 23.5. The summed E-state index contributed by atoms with van der Waals surface area (Å²) in [6.07, 6.45) is 1.00. The van der Waals surface area contributed by atoms with Crippen molar-refractivity contribution in [3.05, 3.63) is 83.9 Å². The number of carbonyl (C=O) groups excluding carboxylic acids is 1. The summed E-state index contributed by atoms with van der Waals surface area (Å²) in [4.78, 5) is 15.1. The molecule has 0 aliphatic carbocycles. The van der Waals surface area contributed by atoms with E-state index >= 15 is 0 Å². The second kappa shape index (κ2) is 6.92. The predicted molar refractivity (Wildman–Crippen MR) is 105 cm³/mol. The van der Waals surface area contributed by atoms with Gasteiger partial charge in [-0.05, 0) is 42.3 Å². The van der Waals surface area contributed by atoms with Crippen LogP contribution in [0.3, 0.4) is 0 Å². The van der Waals surface area contributed by atoms with E-state index < -0.39 is 0 Å². The van der Waals surface area contributed by atoms with Crippen molar-refractivity contribution in [2.45, 2.75) is 6.42 Å². The van der Waals surface area contributed by atoms with Gasteiger partial charge in [-0.1, -0.05) is 42.5 Å². The molecular formula is C22H20N2O2. The molecule has 1 N–H and O–H groups in total. The first kappa shape index (κ1) is 16.2. The number of carbonyl (C=O) groups is 1. The minimum Gasteiger partial charge on any atom is -0.496 e. The number of nitrogens with one attached hydrogen (secondary N) is 1. The number of ether oxygens (including phenoxy) is 1. The molecule has 130 valence electrons. The van der Waals surface area contributed by atoms with Gasteiger partial charge in [-0.2, -0.15) is 0 Å². The number of benzene rings is 3. The van der Waals surface area contributed by atoms with Crippen molar-refractivity contribution in [3.63, 3.8) is 0 Å². The lowest BCUT2D eigenvalue weighted by Gasteiger charge is -2.23. The number of hydrogen-bond donors (Lipinski definition) is 1. The van der Waals surface area contributed by atoms with Crippen molar-refractivity contribution < 1.29 is 9.53 Å². The normalized spacial score (nSPS) is 12.6. The Morgan fingerprint density at radius 1 is 0.923 bits per heavy atom. The lowest BCUT2D eigenvalue weighted by Crippen LogP contribution is -2.18. The molecular weight excluding hydrogens is 324 g/mol. The van der Waals surface area contributed by atoms with Crippen LogP contribution in [0.4, 0.5) is 17.1 Å². The Labute approximate surface area is 153 Å². The Morgan fingerprint density at radius 3 is 2.46 bits per heavy atom. The smallest absolute Gasteiger partial charge is 0.259 e. The third-order valence-corrected chi connectivity index (χ3v) is 4.68. The van der Waals surface area contributed by atoms with Crippen LogP contribution in [-0.4, -0.2) is 19.6 Å². The maximum absolute atomic E-state index is 12.8. The quantitative estimate of drug-likeness (QED) is 0.749. The summed E-state index contributed by atoms with van der Waals surface area (Å²) in [7, 11) is 1.57. The van der Waals surface area contributed by atoms with Gasteiger partial charge in [-0.15, -0.1) is 0 Å². The molecule has 0 bridgehead atoms. The van der Waals surface area contributed by atoms with Gasteiger partial charge in [0, 0.05) is 12.2 Å². The van der Waals surface area contributed by atoms with E-state index in [9.17, 15) is 4.79 Å². The van der Waals surface area contributed by atoms with Crippen molar-refractivity contribution >= 4 is 23.0 Å². The van der Waals surface area contributed by atoms with Crippen LogP contribution in [0.25, 0.3) is 0 Å². The summed E-state index contributed by atoms with van der Waals surface area (Å²) in [5.41, 5.74) is 4.84. The minimum atomic E-state index is -0.178. The molecule has 1 aliphatic heterocycles. The van der Waals surface area contributed by atoms with E-state index in [4.69, 9.17) is 4.74 Å². The summed E-state index contributed by atoms with van der Waals surface area (Å²) >= 11 is 0. The van der Waals surface area contributed by atoms with Crippen molar-refractivity contribution in [3.8, 4) is 5.75 Å². The number of nitrogens with zero attached hydrogens (tertiary/aromatic N) is 1. The van der Waals surface area contributed by atoms with Crippen LogP contribution < -0.4 is 15.0 Å². The predicted octanol–water partition coefficient (Wildman–Crippen LogP) is 4.64. The van der Waals surface area contributed by atoms with Crippen LogP contribution in [0.15, 0.2) is 72.8 Å². The second-order valence-corrected chi connectivity index (χ2v) is 6.20. The van der Waals surface area contributed by atoms with Crippen LogP contribution in [0.1, 0.15) is 15.9 Å². The number of rotatable bonds is 4. The van der Waals surface area contributed by atoms with Gasteiger partial charge in [-0.25, -0.2) is 0 Å². The molecule has 4 rings (SSSR count). The molecule has 1 amide bonds. The summed E-state index contributed by atoms with van der Waals surface area (Å²) in [6.45, 7) is 0.904. The van der Waals surface area contributed by atoms with E-state index in [1.807, 2.05) is 42.5 Å². The first-order valence-corrected chi connectivity index (χ1v) is 8.67. The standard InChI is InChI=1S/C22H20N2O2/c1-26-21-13-7-3-9-17(21)22(25)23-18-10-4-6-12-20(18)24-15-14-16-8-2-5-11-19(16)24/h2-13H,14-15H2,1H3,(H,23,25). The molecule has 0 fully saturated rings. The highest BCUT2D eigenvalue weighted by Gasteiger charge is 2.22. The number of para-hydroxylation sites is 4. The van der Waals surface area contributed by atoms with Crippen LogP contribution >= 0.6 is 0 Å². The Kier molecular flexibility index (Phi) is 4.32. The molecule has 0 spiro atoms. The van der Waals surface area contributed by atoms with E-state index in [1.54, 1.807) is 19.2 Å².